The van der Waals surface area contributed by atoms with Crippen LogP contribution in [0.15, 0.2) is 39.9 Å². The molecule has 1 aromatic carbocycles. The number of aromatic nitrogens is 2. The minimum atomic E-state index is -0.565. The molecular formula is C14H18N4O3. The van der Waals surface area contributed by atoms with Gasteiger partial charge in [-0.3, -0.25) is 14.3 Å². The fraction of sp³-hybridized carbons (Fsp3) is 0.286. The number of aliphatic hydroxyl groups excluding tert-OH is 1. The van der Waals surface area contributed by atoms with Crippen LogP contribution in [0.3, 0.4) is 0 Å². The lowest BCUT2D eigenvalue weighted by Crippen LogP contribution is -2.38. The highest BCUT2D eigenvalue weighted by Gasteiger charge is 2.17. The van der Waals surface area contributed by atoms with Crippen LogP contribution in [0.25, 0.3) is 0 Å². The second-order valence-electron chi connectivity index (χ2n) is 4.68. The molecule has 7 heteroatoms. The molecule has 0 unspecified atom stereocenters. The van der Waals surface area contributed by atoms with Gasteiger partial charge in [-0.1, -0.05) is 30.3 Å². The maximum absolute atomic E-state index is 12.0. The van der Waals surface area contributed by atoms with E-state index in [0.717, 1.165) is 5.56 Å². The molecule has 2 rings (SSSR count). The van der Waals surface area contributed by atoms with E-state index in [1.165, 1.54) is 11.6 Å². The maximum Gasteiger partial charge on any atom is 0.329 e. The summed E-state index contributed by atoms with van der Waals surface area (Å²) in [5.41, 5.74) is 5.93. The third-order valence-corrected chi connectivity index (χ3v) is 3.25. The van der Waals surface area contributed by atoms with E-state index in [-0.39, 0.29) is 24.7 Å². The number of aliphatic hydroxyl groups is 1. The number of rotatable bonds is 5. The number of aromatic amines is 1. The summed E-state index contributed by atoms with van der Waals surface area (Å²) in [5.74, 6) is 0.0770. The van der Waals surface area contributed by atoms with Crippen LogP contribution in [0.2, 0.25) is 0 Å². The van der Waals surface area contributed by atoms with Crippen LogP contribution in [-0.4, -0.2) is 27.8 Å². The summed E-state index contributed by atoms with van der Waals surface area (Å²) < 4.78 is 1.17. The first-order chi connectivity index (χ1) is 10.0. The topological polar surface area (TPSA) is 104 Å². The largest absolute Gasteiger partial charge is 0.395 e. The standard InChI is InChI=1S/C14H18N4O3/c1-17-12(15)11(13(20)16-14(17)21)18(7-8-19)9-10-5-3-2-4-6-10/h2-6,19H,7-9,15H2,1H3,(H,16,20,21). The van der Waals surface area contributed by atoms with Gasteiger partial charge in [0.05, 0.1) is 6.61 Å². The molecular weight excluding hydrogens is 272 g/mol. The Kier molecular flexibility index (Phi) is 4.44. The van der Waals surface area contributed by atoms with E-state index < -0.39 is 11.2 Å². The molecule has 0 bridgehead atoms. The summed E-state index contributed by atoms with van der Waals surface area (Å²) in [6, 6.07) is 9.50. The lowest BCUT2D eigenvalue weighted by molar-refractivity contribution is 0.301. The number of anilines is 2. The number of nitrogens with two attached hydrogens (primary N) is 1. The molecule has 1 heterocycles. The van der Waals surface area contributed by atoms with E-state index in [0.29, 0.717) is 6.54 Å². The molecule has 1 aromatic heterocycles. The van der Waals surface area contributed by atoms with Crippen LogP contribution in [0.1, 0.15) is 5.56 Å². The van der Waals surface area contributed by atoms with Gasteiger partial charge in [-0.2, -0.15) is 0 Å². The molecule has 21 heavy (non-hydrogen) atoms. The molecule has 0 fully saturated rings. The smallest absolute Gasteiger partial charge is 0.329 e. The van der Waals surface area contributed by atoms with Gasteiger partial charge in [0.15, 0.2) is 0 Å². The Labute approximate surface area is 121 Å². The molecule has 0 saturated carbocycles. The van der Waals surface area contributed by atoms with Crippen LogP contribution in [0, 0.1) is 0 Å². The molecule has 4 N–H and O–H groups in total. The highest BCUT2D eigenvalue weighted by molar-refractivity contribution is 5.62. The van der Waals surface area contributed by atoms with E-state index in [4.69, 9.17) is 5.73 Å². The van der Waals surface area contributed by atoms with Crippen molar-refractivity contribution >= 4 is 11.5 Å². The van der Waals surface area contributed by atoms with Crippen LogP contribution >= 0.6 is 0 Å². The van der Waals surface area contributed by atoms with Crippen LogP contribution in [0.5, 0.6) is 0 Å². The molecule has 0 aliphatic rings. The highest BCUT2D eigenvalue weighted by atomic mass is 16.3. The van der Waals surface area contributed by atoms with Gasteiger partial charge in [-0.15, -0.1) is 0 Å². The fourth-order valence-electron chi connectivity index (χ4n) is 2.12. The van der Waals surface area contributed by atoms with Gasteiger partial charge in [0.1, 0.15) is 11.5 Å². The van der Waals surface area contributed by atoms with Gasteiger partial charge < -0.3 is 15.7 Å². The summed E-state index contributed by atoms with van der Waals surface area (Å²) in [6.07, 6.45) is 0. The van der Waals surface area contributed by atoms with Crippen LogP contribution in [0.4, 0.5) is 11.5 Å². The molecule has 7 nitrogen and oxygen atoms in total. The maximum atomic E-state index is 12.0. The normalized spacial score (nSPS) is 10.6. The third kappa shape index (κ3) is 3.14. The molecule has 0 aliphatic heterocycles. The number of nitrogen functional groups attached to an aromatic ring is 1. The highest BCUT2D eigenvalue weighted by Crippen LogP contribution is 2.18. The van der Waals surface area contributed by atoms with E-state index in [9.17, 15) is 14.7 Å². The molecule has 0 aliphatic carbocycles. The lowest BCUT2D eigenvalue weighted by Gasteiger charge is -2.25. The summed E-state index contributed by atoms with van der Waals surface area (Å²) >= 11 is 0. The monoisotopic (exact) mass is 290 g/mol. The van der Waals surface area contributed by atoms with Gasteiger partial charge in [-0.25, -0.2) is 4.79 Å². The second-order valence-corrected chi connectivity index (χ2v) is 4.68. The van der Waals surface area contributed by atoms with Crippen molar-refractivity contribution in [1.29, 1.82) is 0 Å². The van der Waals surface area contributed by atoms with Gasteiger partial charge in [0.25, 0.3) is 5.56 Å². The minimum absolute atomic E-state index is 0.0770. The van der Waals surface area contributed by atoms with Crippen molar-refractivity contribution in [2.75, 3.05) is 23.8 Å². The van der Waals surface area contributed by atoms with Crippen molar-refractivity contribution in [3.63, 3.8) is 0 Å². The quantitative estimate of drug-likeness (QED) is 0.698. The van der Waals surface area contributed by atoms with E-state index in [2.05, 4.69) is 4.98 Å². The first kappa shape index (κ1) is 14.9. The Morgan fingerprint density at radius 2 is 1.95 bits per heavy atom. The first-order valence-corrected chi connectivity index (χ1v) is 6.53. The summed E-state index contributed by atoms with van der Waals surface area (Å²) in [6.45, 7) is 0.516. The summed E-state index contributed by atoms with van der Waals surface area (Å²) in [4.78, 5) is 27.4. The number of benzene rings is 1. The molecule has 0 spiro atoms. The Morgan fingerprint density at radius 1 is 1.29 bits per heavy atom. The van der Waals surface area contributed by atoms with E-state index >= 15 is 0 Å². The average Bonchev–Trinajstić information content (AvgIpc) is 2.46. The first-order valence-electron chi connectivity index (χ1n) is 6.53. The minimum Gasteiger partial charge on any atom is -0.395 e. The van der Waals surface area contributed by atoms with Crippen LogP contribution in [-0.2, 0) is 13.6 Å². The fourth-order valence-corrected chi connectivity index (χ4v) is 2.12. The third-order valence-electron chi connectivity index (χ3n) is 3.25. The summed E-state index contributed by atoms with van der Waals surface area (Å²) in [5, 5.41) is 9.22. The van der Waals surface area contributed by atoms with E-state index in [1.54, 1.807) is 4.90 Å². The number of hydrogen-bond acceptors (Lipinski definition) is 5. The van der Waals surface area contributed by atoms with Crippen molar-refractivity contribution in [2.45, 2.75) is 6.54 Å². The van der Waals surface area contributed by atoms with Crippen molar-refractivity contribution in [2.24, 2.45) is 7.05 Å². The van der Waals surface area contributed by atoms with Gasteiger partial charge in [0, 0.05) is 20.1 Å². The van der Waals surface area contributed by atoms with Crippen molar-refractivity contribution in [1.82, 2.24) is 9.55 Å². The Balaban J connectivity index is 2.46. The Bertz CT molecular complexity index is 721. The zero-order chi connectivity index (χ0) is 15.4. The molecule has 0 saturated heterocycles. The predicted octanol–water partition coefficient (Wildman–Crippen LogP) is -0.345. The number of H-pyrrole nitrogens is 1. The molecule has 0 atom stereocenters. The summed E-state index contributed by atoms with van der Waals surface area (Å²) in [7, 11) is 1.48. The second kappa shape index (κ2) is 6.27. The van der Waals surface area contributed by atoms with Gasteiger partial charge >= 0.3 is 5.69 Å². The zero-order valence-corrected chi connectivity index (χ0v) is 11.7. The SMILES string of the molecule is Cn1c(N)c(N(CCO)Cc2ccccc2)c(=O)[nH]c1=O. The molecule has 112 valence electrons. The van der Waals surface area contributed by atoms with Crippen LogP contribution < -0.4 is 21.9 Å². The lowest BCUT2D eigenvalue weighted by atomic mass is 10.2. The number of nitrogens with zero attached hydrogens (tertiary/aromatic N) is 2. The Hall–Kier alpha value is -2.54. The van der Waals surface area contributed by atoms with Crippen molar-refractivity contribution < 1.29 is 5.11 Å². The number of nitrogens with one attached hydrogen (secondary N) is 1. The predicted molar refractivity (Wildman–Crippen MR) is 81.3 cm³/mol. The Morgan fingerprint density at radius 3 is 2.57 bits per heavy atom. The van der Waals surface area contributed by atoms with Gasteiger partial charge in [0.2, 0.25) is 0 Å². The number of hydrogen-bond donors (Lipinski definition) is 3. The molecule has 2 aromatic rings. The zero-order valence-electron chi connectivity index (χ0n) is 11.7. The molecule has 0 amide bonds. The van der Waals surface area contributed by atoms with E-state index in [1.807, 2.05) is 30.3 Å². The van der Waals surface area contributed by atoms with Crippen molar-refractivity contribution in [3.8, 4) is 0 Å². The van der Waals surface area contributed by atoms with Crippen molar-refractivity contribution in [3.05, 3.63) is 56.7 Å². The average molecular weight is 290 g/mol. The molecule has 0 radical (unpaired) electrons. The van der Waals surface area contributed by atoms with Gasteiger partial charge in [-0.05, 0) is 5.56 Å².